The number of fused-ring (bicyclic) bond motifs is 1. The van der Waals surface area contributed by atoms with Crippen LogP contribution < -0.4 is 10.2 Å². The molecule has 0 aliphatic carbocycles. The molecule has 1 N–H and O–H groups in total. The van der Waals surface area contributed by atoms with E-state index in [0.29, 0.717) is 12.5 Å². The first-order valence-electron chi connectivity index (χ1n) is 9.58. The summed E-state index contributed by atoms with van der Waals surface area (Å²) in [4.78, 5) is 31.7. The fourth-order valence-electron chi connectivity index (χ4n) is 3.77. The summed E-state index contributed by atoms with van der Waals surface area (Å²) in [6, 6.07) is 17.4. The van der Waals surface area contributed by atoms with Crippen molar-refractivity contribution in [3.63, 3.8) is 0 Å². The fourth-order valence-corrected chi connectivity index (χ4v) is 3.77. The summed E-state index contributed by atoms with van der Waals surface area (Å²) in [5, 5.41) is 4.01. The van der Waals surface area contributed by atoms with Crippen molar-refractivity contribution >= 4 is 34.1 Å². The van der Waals surface area contributed by atoms with Gasteiger partial charge in [0.05, 0.1) is 17.1 Å². The zero-order chi connectivity index (χ0) is 19.7. The largest absolute Gasteiger partial charge is 0.326 e. The van der Waals surface area contributed by atoms with E-state index in [-0.39, 0.29) is 24.2 Å². The fraction of sp³-hybridized carbons (Fsp3) is 0.261. The van der Waals surface area contributed by atoms with Crippen molar-refractivity contribution in [2.45, 2.75) is 26.2 Å². The van der Waals surface area contributed by atoms with Gasteiger partial charge in [0.2, 0.25) is 11.8 Å². The molecule has 1 fully saturated rings. The number of benzene rings is 2. The van der Waals surface area contributed by atoms with Gasteiger partial charge >= 0.3 is 0 Å². The second-order valence-electron chi connectivity index (χ2n) is 7.49. The van der Waals surface area contributed by atoms with E-state index in [4.69, 9.17) is 0 Å². The van der Waals surface area contributed by atoms with Crippen molar-refractivity contribution in [1.82, 2.24) is 4.98 Å². The molecule has 1 aromatic heterocycles. The van der Waals surface area contributed by atoms with E-state index in [1.807, 2.05) is 54.6 Å². The van der Waals surface area contributed by atoms with Gasteiger partial charge in [-0.2, -0.15) is 0 Å². The Morgan fingerprint density at radius 3 is 2.71 bits per heavy atom. The lowest BCUT2D eigenvalue weighted by Crippen LogP contribution is -2.28. The molecule has 0 spiro atoms. The number of aromatic nitrogens is 1. The quantitative estimate of drug-likeness (QED) is 0.739. The van der Waals surface area contributed by atoms with Gasteiger partial charge in [0.15, 0.2) is 0 Å². The van der Waals surface area contributed by atoms with Crippen LogP contribution in [0.5, 0.6) is 0 Å². The molecular formula is C23H23N3O2. The van der Waals surface area contributed by atoms with Gasteiger partial charge < -0.3 is 10.2 Å². The molecule has 0 saturated carbocycles. The highest BCUT2D eigenvalue weighted by atomic mass is 16.2. The van der Waals surface area contributed by atoms with Crippen LogP contribution in [0.25, 0.3) is 10.9 Å². The molecular weight excluding hydrogens is 350 g/mol. The Morgan fingerprint density at radius 1 is 1.11 bits per heavy atom. The van der Waals surface area contributed by atoms with Crippen LogP contribution in [0, 0.1) is 5.92 Å². The van der Waals surface area contributed by atoms with Crippen LogP contribution in [0.4, 0.5) is 11.4 Å². The van der Waals surface area contributed by atoms with Gasteiger partial charge in [-0.15, -0.1) is 0 Å². The third-order valence-corrected chi connectivity index (χ3v) is 5.24. The van der Waals surface area contributed by atoms with Crippen LogP contribution in [-0.2, 0) is 9.59 Å². The van der Waals surface area contributed by atoms with Gasteiger partial charge in [-0.05, 0) is 29.7 Å². The highest BCUT2D eigenvalue weighted by Gasteiger charge is 2.36. The van der Waals surface area contributed by atoms with E-state index in [0.717, 1.165) is 27.8 Å². The first kappa shape index (κ1) is 18.2. The zero-order valence-electron chi connectivity index (χ0n) is 16.1. The maximum absolute atomic E-state index is 12.9. The van der Waals surface area contributed by atoms with Crippen molar-refractivity contribution in [2.24, 2.45) is 5.92 Å². The van der Waals surface area contributed by atoms with Crippen LogP contribution >= 0.6 is 0 Å². The Balaban J connectivity index is 1.56. The summed E-state index contributed by atoms with van der Waals surface area (Å²) in [5.41, 5.74) is 3.46. The predicted octanol–water partition coefficient (Wildman–Crippen LogP) is 4.35. The van der Waals surface area contributed by atoms with Crippen LogP contribution in [0.15, 0.2) is 60.8 Å². The van der Waals surface area contributed by atoms with Gasteiger partial charge in [0.1, 0.15) is 0 Å². The van der Waals surface area contributed by atoms with Gasteiger partial charge in [-0.3, -0.25) is 14.6 Å². The van der Waals surface area contributed by atoms with E-state index in [1.54, 1.807) is 11.1 Å². The third-order valence-electron chi connectivity index (χ3n) is 5.24. The molecule has 5 heteroatoms. The van der Waals surface area contributed by atoms with Crippen LogP contribution in [0.3, 0.4) is 0 Å². The van der Waals surface area contributed by atoms with E-state index in [2.05, 4.69) is 24.1 Å². The average molecular weight is 373 g/mol. The maximum atomic E-state index is 12.9. The number of anilines is 2. The van der Waals surface area contributed by atoms with Crippen molar-refractivity contribution in [1.29, 1.82) is 0 Å². The number of carbonyl (C=O) groups excluding carboxylic acids is 2. The number of nitrogens with zero attached hydrogens (tertiary/aromatic N) is 2. The summed E-state index contributed by atoms with van der Waals surface area (Å²) in [6.45, 7) is 4.56. The Morgan fingerprint density at radius 2 is 1.89 bits per heavy atom. The van der Waals surface area contributed by atoms with Gasteiger partial charge in [-0.25, -0.2) is 0 Å². The normalized spacial score (nSPS) is 16.8. The Kier molecular flexibility index (Phi) is 4.82. The number of nitrogens with one attached hydrogen (secondary N) is 1. The van der Waals surface area contributed by atoms with Crippen molar-refractivity contribution in [3.8, 4) is 0 Å². The molecule has 1 atom stereocenters. The van der Waals surface area contributed by atoms with Crippen molar-refractivity contribution < 1.29 is 9.59 Å². The SMILES string of the molecule is CC(C)c1ccccc1NC(=O)C1CC(=O)N(c2cccc3cccnc23)C1. The average Bonchev–Trinajstić information content (AvgIpc) is 3.09. The maximum Gasteiger partial charge on any atom is 0.229 e. The van der Waals surface area contributed by atoms with Crippen molar-refractivity contribution in [2.75, 3.05) is 16.8 Å². The summed E-state index contributed by atoms with van der Waals surface area (Å²) in [6.07, 6.45) is 1.93. The summed E-state index contributed by atoms with van der Waals surface area (Å²) < 4.78 is 0. The second-order valence-corrected chi connectivity index (χ2v) is 7.49. The minimum Gasteiger partial charge on any atom is -0.326 e. The number of rotatable bonds is 4. The molecule has 4 rings (SSSR count). The predicted molar refractivity (Wildman–Crippen MR) is 111 cm³/mol. The van der Waals surface area contributed by atoms with E-state index in [9.17, 15) is 9.59 Å². The Labute approximate surface area is 164 Å². The van der Waals surface area contributed by atoms with Crippen LogP contribution in [0.2, 0.25) is 0 Å². The van der Waals surface area contributed by atoms with E-state index in [1.165, 1.54) is 0 Å². The topological polar surface area (TPSA) is 62.3 Å². The van der Waals surface area contributed by atoms with Crippen LogP contribution in [0.1, 0.15) is 31.7 Å². The lowest BCUT2D eigenvalue weighted by atomic mass is 10.0. The molecule has 2 heterocycles. The standard InChI is InChI=1S/C23H23N3O2/c1-15(2)18-9-3-4-10-19(18)25-23(28)17-13-21(27)26(14-17)20-11-5-7-16-8-6-12-24-22(16)20/h3-12,15,17H,13-14H2,1-2H3,(H,25,28). The minimum atomic E-state index is -0.383. The molecule has 1 aliphatic heterocycles. The number of amides is 2. The molecule has 1 aliphatic rings. The first-order chi connectivity index (χ1) is 13.5. The second kappa shape index (κ2) is 7.43. The summed E-state index contributed by atoms with van der Waals surface area (Å²) in [7, 11) is 0. The molecule has 0 bridgehead atoms. The monoisotopic (exact) mass is 373 g/mol. The molecule has 3 aromatic rings. The lowest BCUT2D eigenvalue weighted by molar-refractivity contribution is -0.122. The lowest BCUT2D eigenvalue weighted by Gasteiger charge is -2.19. The molecule has 2 amide bonds. The van der Waals surface area contributed by atoms with Gasteiger partial charge in [0.25, 0.3) is 0 Å². The zero-order valence-corrected chi connectivity index (χ0v) is 16.1. The molecule has 1 unspecified atom stereocenters. The van der Waals surface area contributed by atoms with Crippen molar-refractivity contribution in [3.05, 3.63) is 66.4 Å². The number of hydrogen-bond donors (Lipinski definition) is 1. The molecule has 1 saturated heterocycles. The molecule has 28 heavy (non-hydrogen) atoms. The number of hydrogen-bond acceptors (Lipinski definition) is 3. The third kappa shape index (κ3) is 3.36. The summed E-state index contributed by atoms with van der Waals surface area (Å²) >= 11 is 0. The Hall–Kier alpha value is -3.21. The highest BCUT2D eigenvalue weighted by molar-refractivity contribution is 6.07. The minimum absolute atomic E-state index is 0.0459. The number of carbonyl (C=O) groups is 2. The number of pyridine rings is 1. The number of para-hydroxylation sites is 2. The molecule has 5 nitrogen and oxygen atoms in total. The van der Waals surface area contributed by atoms with Gasteiger partial charge in [-0.1, -0.05) is 50.2 Å². The molecule has 0 radical (unpaired) electrons. The highest BCUT2D eigenvalue weighted by Crippen LogP contribution is 2.31. The summed E-state index contributed by atoms with van der Waals surface area (Å²) in [5.74, 6) is -0.237. The smallest absolute Gasteiger partial charge is 0.229 e. The molecule has 142 valence electrons. The first-order valence-corrected chi connectivity index (χ1v) is 9.58. The Bertz CT molecular complexity index is 1040. The van der Waals surface area contributed by atoms with Gasteiger partial charge in [0, 0.05) is 30.2 Å². The molecule has 2 aromatic carbocycles. The van der Waals surface area contributed by atoms with E-state index < -0.39 is 0 Å². The van der Waals surface area contributed by atoms with E-state index >= 15 is 0 Å². The van der Waals surface area contributed by atoms with Crippen LogP contribution in [-0.4, -0.2) is 23.3 Å².